The Hall–Kier alpha value is -2.99. The minimum atomic E-state index is -0.488. The van der Waals surface area contributed by atoms with Crippen LogP contribution in [0.1, 0.15) is 31.2 Å². The highest BCUT2D eigenvalue weighted by Crippen LogP contribution is 2.39. The number of nitriles is 1. The van der Waals surface area contributed by atoms with Crippen LogP contribution in [0.3, 0.4) is 0 Å². The van der Waals surface area contributed by atoms with Crippen molar-refractivity contribution in [3.05, 3.63) is 29.8 Å². The van der Waals surface area contributed by atoms with E-state index in [1.807, 2.05) is 11.9 Å². The molecule has 2 saturated carbocycles. The summed E-state index contributed by atoms with van der Waals surface area (Å²) in [4.78, 5) is 28.9. The first-order chi connectivity index (χ1) is 16.5. The Morgan fingerprint density at radius 1 is 1.18 bits per heavy atom. The highest BCUT2D eigenvalue weighted by Gasteiger charge is 2.45. The van der Waals surface area contributed by atoms with Crippen LogP contribution in [0.5, 0.6) is 5.75 Å². The first-order valence-corrected chi connectivity index (χ1v) is 12.2. The van der Waals surface area contributed by atoms with Crippen LogP contribution in [0.2, 0.25) is 0 Å². The fraction of sp³-hybridized carbons (Fsp3) is 0.640. The molecule has 184 valence electrons. The summed E-state index contributed by atoms with van der Waals surface area (Å²) in [6.07, 6.45) is 4.19. The van der Waals surface area contributed by atoms with E-state index >= 15 is 0 Å². The second kappa shape index (κ2) is 11.0. The molecule has 3 aliphatic rings. The van der Waals surface area contributed by atoms with E-state index in [0.29, 0.717) is 42.2 Å². The van der Waals surface area contributed by atoms with Crippen LogP contribution in [-0.2, 0) is 4.74 Å². The predicted molar refractivity (Wildman–Crippen MR) is 126 cm³/mol. The number of rotatable bonds is 9. The summed E-state index contributed by atoms with van der Waals surface area (Å²) < 4.78 is 10.7. The van der Waals surface area contributed by atoms with E-state index in [9.17, 15) is 9.59 Å². The van der Waals surface area contributed by atoms with Crippen LogP contribution in [-0.4, -0.2) is 81.0 Å². The van der Waals surface area contributed by atoms with Gasteiger partial charge in [0.15, 0.2) is 0 Å². The molecule has 1 aliphatic heterocycles. The van der Waals surface area contributed by atoms with Gasteiger partial charge in [-0.3, -0.25) is 0 Å². The van der Waals surface area contributed by atoms with Gasteiger partial charge < -0.3 is 29.9 Å². The third-order valence-electron chi connectivity index (χ3n) is 7.29. The van der Waals surface area contributed by atoms with Gasteiger partial charge >= 0.3 is 12.1 Å². The molecule has 2 bridgehead atoms. The maximum atomic E-state index is 12.7. The van der Waals surface area contributed by atoms with Gasteiger partial charge in [-0.2, -0.15) is 5.26 Å². The first-order valence-electron chi connectivity index (χ1n) is 12.2. The molecule has 1 aromatic rings. The number of piperidine rings is 1. The molecule has 0 radical (unpaired) electrons. The van der Waals surface area contributed by atoms with Crippen LogP contribution >= 0.6 is 0 Å². The Kier molecular flexibility index (Phi) is 7.78. The normalized spacial score (nSPS) is 24.6. The van der Waals surface area contributed by atoms with Crippen molar-refractivity contribution >= 4 is 12.1 Å². The molecule has 3 amide bonds. The van der Waals surface area contributed by atoms with Crippen LogP contribution in [0.15, 0.2) is 24.3 Å². The molecular formula is C25H35N5O4. The molecule has 9 heteroatoms. The highest BCUT2D eigenvalue weighted by atomic mass is 16.5. The molecule has 3 fully saturated rings. The van der Waals surface area contributed by atoms with Crippen molar-refractivity contribution in [3.8, 4) is 11.8 Å². The first kappa shape index (κ1) is 24.1. The van der Waals surface area contributed by atoms with E-state index < -0.39 is 6.09 Å². The lowest BCUT2D eigenvalue weighted by Gasteiger charge is -2.43. The predicted octanol–water partition coefficient (Wildman–Crippen LogP) is 2.42. The van der Waals surface area contributed by atoms with Crippen molar-refractivity contribution < 1.29 is 19.1 Å². The number of hydrogen-bond acceptors (Lipinski definition) is 6. The van der Waals surface area contributed by atoms with Gasteiger partial charge in [0.2, 0.25) is 0 Å². The van der Waals surface area contributed by atoms with Gasteiger partial charge in [-0.05, 0) is 67.7 Å². The Morgan fingerprint density at radius 2 is 1.85 bits per heavy atom. The highest BCUT2D eigenvalue weighted by molar-refractivity contribution is 5.74. The van der Waals surface area contributed by atoms with Gasteiger partial charge in [0.1, 0.15) is 12.4 Å². The summed E-state index contributed by atoms with van der Waals surface area (Å²) in [6, 6.07) is 9.06. The number of hydrogen-bond donors (Lipinski definition) is 2. The maximum Gasteiger partial charge on any atom is 0.407 e. The molecule has 34 heavy (non-hydrogen) atoms. The van der Waals surface area contributed by atoms with Gasteiger partial charge in [0.25, 0.3) is 0 Å². The zero-order valence-electron chi connectivity index (χ0n) is 20.0. The third kappa shape index (κ3) is 6.11. The summed E-state index contributed by atoms with van der Waals surface area (Å²) in [7, 11) is 3.28. The molecule has 0 aromatic heterocycles. The van der Waals surface area contributed by atoms with Crippen molar-refractivity contribution in [1.82, 2.24) is 20.4 Å². The SMILES string of the molecule is COC(=O)N[C@H](COc1ccc(C#N)cc1)CN1CC2CCC(C1)C2N(C)C(=O)NCC1CC1. The van der Waals surface area contributed by atoms with Crippen LogP contribution in [0, 0.1) is 29.1 Å². The summed E-state index contributed by atoms with van der Waals surface area (Å²) in [6.45, 7) is 3.50. The third-order valence-corrected chi connectivity index (χ3v) is 7.29. The lowest BCUT2D eigenvalue weighted by atomic mass is 9.91. The van der Waals surface area contributed by atoms with Crippen LogP contribution < -0.4 is 15.4 Å². The van der Waals surface area contributed by atoms with E-state index in [1.54, 1.807) is 24.3 Å². The number of alkyl carbamates (subject to hydrolysis) is 1. The fourth-order valence-corrected chi connectivity index (χ4v) is 5.39. The average Bonchev–Trinajstić information content (AvgIpc) is 3.64. The maximum absolute atomic E-state index is 12.7. The van der Waals surface area contributed by atoms with Crippen LogP contribution in [0.4, 0.5) is 9.59 Å². The zero-order valence-corrected chi connectivity index (χ0v) is 20.0. The van der Waals surface area contributed by atoms with Crippen molar-refractivity contribution in [1.29, 1.82) is 5.26 Å². The number of fused-ring (bicyclic) bond motifs is 2. The number of ether oxygens (including phenoxy) is 2. The van der Waals surface area contributed by atoms with Crippen molar-refractivity contribution in [2.75, 3.05) is 46.9 Å². The molecule has 1 saturated heterocycles. The summed E-state index contributed by atoms with van der Waals surface area (Å²) in [5.74, 6) is 2.16. The number of nitrogens with one attached hydrogen (secondary N) is 2. The quantitative estimate of drug-likeness (QED) is 0.575. The Morgan fingerprint density at radius 3 is 2.44 bits per heavy atom. The molecular weight excluding hydrogens is 434 g/mol. The van der Waals surface area contributed by atoms with Crippen molar-refractivity contribution in [2.45, 2.75) is 37.8 Å². The standard InChI is InChI=1S/C25H35N5O4/c1-29(24(31)27-12-18-3-4-18)23-19-7-8-20(23)14-30(13-19)15-21(28-25(32)33-2)16-34-22-9-5-17(11-26)6-10-22/h5-6,9-10,18-21,23H,3-4,7-8,12-16H2,1-2H3,(H,27,31)(H,28,32)/t19?,20?,21-,23?/m0/s1. The average molecular weight is 470 g/mol. The van der Waals surface area contributed by atoms with Crippen LogP contribution in [0.25, 0.3) is 0 Å². The van der Waals surface area contributed by atoms with E-state index in [-0.39, 0.29) is 18.1 Å². The Bertz CT molecular complexity index is 884. The number of urea groups is 1. The second-order valence-corrected chi connectivity index (χ2v) is 9.83. The van der Waals surface area contributed by atoms with Gasteiger partial charge in [-0.25, -0.2) is 9.59 Å². The smallest absolute Gasteiger partial charge is 0.407 e. The number of methoxy groups -OCH3 is 1. The van der Waals surface area contributed by atoms with Gasteiger partial charge in [-0.1, -0.05) is 0 Å². The summed E-state index contributed by atoms with van der Waals surface area (Å²) >= 11 is 0. The van der Waals surface area contributed by atoms with Crippen molar-refractivity contribution in [3.63, 3.8) is 0 Å². The molecule has 2 aliphatic carbocycles. The van der Waals surface area contributed by atoms with E-state index in [0.717, 1.165) is 32.5 Å². The summed E-state index contributed by atoms with van der Waals surface area (Å²) in [5, 5.41) is 14.9. The largest absolute Gasteiger partial charge is 0.491 e. The van der Waals surface area contributed by atoms with E-state index in [2.05, 4.69) is 21.6 Å². The number of carbonyl (C=O) groups excluding carboxylic acids is 2. The second-order valence-electron chi connectivity index (χ2n) is 9.83. The molecule has 9 nitrogen and oxygen atoms in total. The molecule has 3 atom stereocenters. The molecule has 4 rings (SSSR count). The molecule has 1 heterocycles. The zero-order chi connectivity index (χ0) is 24.1. The minimum Gasteiger partial charge on any atom is -0.491 e. The number of benzene rings is 1. The van der Waals surface area contributed by atoms with E-state index in [4.69, 9.17) is 14.7 Å². The Balaban J connectivity index is 1.32. The molecule has 2 unspecified atom stereocenters. The fourth-order valence-electron chi connectivity index (χ4n) is 5.39. The van der Waals surface area contributed by atoms with E-state index in [1.165, 1.54) is 20.0 Å². The Labute approximate surface area is 201 Å². The van der Waals surface area contributed by atoms with Gasteiger partial charge in [-0.15, -0.1) is 0 Å². The molecule has 2 N–H and O–H groups in total. The topological polar surface area (TPSA) is 107 Å². The lowest BCUT2D eigenvalue weighted by molar-refractivity contribution is 0.0657. The molecule has 0 spiro atoms. The summed E-state index contributed by atoms with van der Waals surface area (Å²) in [5.41, 5.74) is 0.570. The number of amides is 3. The van der Waals surface area contributed by atoms with Crippen molar-refractivity contribution in [2.24, 2.45) is 17.8 Å². The molecule has 1 aromatic carbocycles. The number of carbonyl (C=O) groups is 2. The number of likely N-dealkylation sites (tertiary alicyclic amines) is 1. The van der Waals surface area contributed by atoms with Gasteiger partial charge in [0, 0.05) is 39.3 Å². The minimum absolute atomic E-state index is 0.0447. The monoisotopic (exact) mass is 469 g/mol. The lowest BCUT2D eigenvalue weighted by Crippen LogP contribution is -2.57. The number of nitrogens with zero attached hydrogens (tertiary/aromatic N) is 3. The van der Waals surface area contributed by atoms with Gasteiger partial charge in [0.05, 0.1) is 24.8 Å².